The number of aromatic nitrogens is 3. The molecule has 1 atom stereocenters. The Labute approximate surface area is 192 Å². The maximum Gasteiger partial charge on any atom is 0.434 e. The monoisotopic (exact) mass is 461 g/mol. The number of H-pyrrole nitrogens is 1. The second-order valence-corrected chi connectivity index (χ2v) is 7.68. The summed E-state index contributed by atoms with van der Waals surface area (Å²) in [5, 5.41) is 12.5. The van der Waals surface area contributed by atoms with E-state index in [9.17, 15) is 14.4 Å². The highest BCUT2D eigenvalue weighted by Crippen LogP contribution is 2.34. The van der Waals surface area contributed by atoms with Gasteiger partial charge in [0.1, 0.15) is 24.2 Å². The smallest absolute Gasteiger partial charge is 0.434 e. The normalized spacial score (nSPS) is 15.4. The van der Waals surface area contributed by atoms with E-state index in [1.807, 2.05) is 30.3 Å². The minimum absolute atomic E-state index is 0.0685. The fourth-order valence-corrected chi connectivity index (χ4v) is 3.62. The summed E-state index contributed by atoms with van der Waals surface area (Å²) >= 11 is 0. The summed E-state index contributed by atoms with van der Waals surface area (Å²) in [4.78, 5) is 38.4. The first-order chi connectivity index (χ1) is 16.5. The highest BCUT2D eigenvalue weighted by atomic mass is 16.5. The van der Waals surface area contributed by atoms with Crippen LogP contribution < -0.4 is 20.7 Å². The number of carbonyl (C=O) groups excluding carboxylic acids is 2. The number of hydrogen-bond acceptors (Lipinski definition) is 8. The third-order valence-corrected chi connectivity index (χ3v) is 5.36. The molecule has 4 aromatic rings. The van der Waals surface area contributed by atoms with Crippen LogP contribution in [0.3, 0.4) is 0 Å². The lowest BCUT2D eigenvalue weighted by atomic mass is 10.1. The van der Waals surface area contributed by atoms with E-state index in [-0.39, 0.29) is 24.1 Å². The van der Waals surface area contributed by atoms with E-state index in [1.165, 1.54) is 4.90 Å². The molecule has 0 saturated carbocycles. The van der Waals surface area contributed by atoms with Gasteiger partial charge < -0.3 is 23.9 Å². The van der Waals surface area contributed by atoms with E-state index in [0.29, 0.717) is 29.2 Å². The van der Waals surface area contributed by atoms with Crippen LogP contribution in [0.5, 0.6) is 5.75 Å². The first-order valence-electron chi connectivity index (χ1n) is 10.4. The van der Waals surface area contributed by atoms with Gasteiger partial charge in [-0.2, -0.15) is 0 Å². The van der Waals surface area contributed by atoms with Crippen molar-refractivity contribution in [2.45, 2.75) is 12.5 Å². The first-order valence-corrected chi connectivity index (χ1v) is 10.4. The Morgan fingerprint density at radius 3 is 2.76 bits per heavy atom. The van der Waals surface area contributed by atoms with Crippen LogP contribution in [0.15, 0.2) is 68.3 Å². The highest BCUT2D eigenvalue weighted by Gasteiger charge is 2.32. The van der Waals surface area contributed by atoms with Crippen LogP contribution >= 0.6 is 0 Å². The van der Waals surface area contributed by atoms with Gasteiger partial charge in [0.05, 0.1) is 5.69 Å². The fourth-order valence-electron chi connectivity index (χ4n) is 3.62. The standard InChI is InChI=1S/C23H19N5O6/c1-28-18-10-14(21-25-26-23(31)33-21)7-8-19(18)32-12-17(22(28)30)24-20(29)16-11-15(34-27-16)9-13-5-3-2-4-6-13/h2-8,10-11,17H,9,12H2,1H3,(H,24,29)(H,26,31). The molecule has 0 fully saturated rings. The average molecular weight is 461 g/mol. The molecule has 1 unspecified atom stereocenters. The number of carbonyl (C=O) groups is 2. The third kappa shape index (κ3) is 4.18. The second-order valence-electron chi connectivity index (χ2n) is 7.68. The van der Waals surface area contributed by atoms with Gasteiger partial charge in [0.2, 0.25) is 5.89 Å². The van der Waals surface area contributed by atoms with Gasteiger partial charge in [-0.1, -0.05) is 35.5 Å². The van der Waals surface area contributed by atoms with Crippen molar-refractivity contribution in [2.75, 3.05) is 18.6 Å². The lowest BCUT2D eigenvalue weighted by molar-refractivity contribution is -0.120. The Hall–Kier alpha value is -4.67. The molecule has 0 bridgehead atoms. The Morgan fingerprint density at radius 2 is 2.00 bits per heavy atom. The number of amides is 2. The molecule has 2 aromatic heterocycles. The molecule has 5 rings (SSSR count). The van der Waals surface area contributed by atoms with Gasteiger partial charge in [0.15, 0.2) is 5.69 Å². The van der Waals surface area contributed by atoms with E-state index < -0.39 is 17.7 Å². The number of ether oxygens (including phenoxy) is 1. The van der Waals surface area contributed by atoms with Gasteiger partial charge >= 0.3 is 5.76 Å². The summed E-state index contributed by atoms with van der Waals surface area (Å²) in [6, 6.07) is 15.1. The van der Waals surface area contributed by atoms with E-state index in [4.69, 9.17) is 13.7 Å². The zero-order chi connectivity index (χ0) is 23.7. The summed E-state index contributed by atoms with van der Waals surface area (Å²) in [6.45, 7) is -0.0759. The summed E-state index contributed by atoms with van der Waals surface area (Å²) in [7, 11) is 1.56. The van der Waals surface area contributed by atoms with Crippen molar-refractivity contribution in [3.63, 3.8) is 0 Å². The van der Waals surface area contributed by atoms with Crippen molar-refractivity contribution < 1.29 is 23.3 Å². The minimum atomic E-state index is -0.953. The summed E-state index contributed by atoms with van der Waals surface area (Å²) < 4.78 is 16.0. The molecule has 1 aliphatic heterocycles. The van der Waals surface area contributed by atoms with Crippen LogP contribution in [-0.4, -0.2) is 46.9 Å². The Morgan fingerprint density at radius 1 is 1.18 bits per heavy atom. The maximum absolute atomic E-state index is 13.1. The second kappa shape index (κ2) is 8.70. The number of nitrogens with zero attached hydrogens (tertiary/aromatic N) is 3. The molecule has 34 heavy (non-hydrogen) atoms. The van der Waals surface area contributed by atoms with Crippen molar-refractivity contribution >= 4 is 17.5 Å². The molecule has 0 radical (unpaired) electrons. The van der Waals surface area contributed by atoms with Gasteiger partial charge in [0.25, 0.3) is 11.8 Å². The van der Waals surface area contributed by atoms with Crippen LogP contribution in [0.1, 0.15) is 21.8 Å². The Balaban J connectivity index is 1.30. The molecule has 2 N–H and O–H groups in total. The topological polar surface area (TPSA) is 144 Å². The van der Waals surface area contributed by atoms with Crippen LogP contribution in [0.2, 0.25) is 0 Å². The van der Waals surface area contributed by atoms with E-state index in [1.54, 1.807) is 31.3 Å². The van der Waals surface area contributed by atoms with Crippen LogP contribution in [0.25, 0.3) is 11.5 Å². The number of hydrogen-bond donors (Lipinski definition) is 2. The molecular formula is C23H19N5O6. The molecule has 11 heteroatoms. The molecule has 172 valence electrons. The molecular weight excluding hydrogens is 442 g/mol. The quantitative estimate of drug-likeness (QED) is 0.458. The zero-order valence-electron chi connectivity index (χ0n) is 18.0. The van der Waals surface area contributed by atoms with Crippen molar-refractivity contribution in [3.8, 4) is 17.2 Å². The molecule has 0 saturated heterocycles. The number of fused-ring (bicyclic) bond motifs is 1. The van der Waals surface area contributed by atoms with Crippen LogP contribution in [0, 0.1) is 0 Å². The molecule has 0 aliphatic carbocycles. The van der Waals surface area contributed by atoms with Crippen LogP contribution in [0.4, 0.5) is 5.69 Å². The van der Waals surface area contributed by atoms with Gasteiger partial charge in [-0.25, -0.2) is 9.89 Å². The van der Waals surface area contributed by atoms with Gasteiger partial charge in [-0.3, -0.25) is 9.59 Å². The highest BCUT2D eigenvalue weighted by molar-refractivity contribution is 6.03. The first kappa shape index (κ1) is 21.2. The number of anilines is 1. The maximum atomic E-state index is 13.1. The number of likely N-dealkylation sites (N-methyl/N-ethyl adjacent to an activating group) is 1. The van der Waals surface area contributed by atoms with E-state index in [2.05, 4.69) is 20.7 Å². The molecule has 3 heterocycles. The lowest BCUT2D eigenvalue weighted by Gasteiger charge is -2.20. The summed E-state index contributed by atoms with van der Waals surface area (Å²) in [5.41, 5.74) is 2.01. The van der Waals surface area contributed by atoms with Crippen molar-refractivity contribution in [1.82, 2.24) is 20.7 Å². The largest absolute Gasteiger partial charge is 0.489 e. The molecule has 0 spiro atoms. The van der Waals surface area contributed by atoms with Gasteiger partial charge in [-0.15, -0.1) is 5.10 Å². The predicted molar refractivity (Wildman–Crippen MR) is 118 cm³/mol. The van der Waals surface area contributed by atoms with Gasteiger partial charge in [0, 0.05) is 25.1 Å². The van der Waals surface area contributed by atoms with E-state index in [0.717, 1.165) is 5.56 Å². The van der Waals surface area contributed by atoms with E-state index >= 15 is 0 Å². The average Bonchev–Trinajstić information content (AvgIpc) is 3.48. The molecule has 2 aromatic carbocycles. The van der Waals surface area contributed by atoms with Crippen molar-refractivity contribution in [1.29, 1.82) is 0 Å². The van der Waals surface area contributed by atoms with Crippen molar-refractivity contribution in [3.05, 3.63) is 82.2 Å². The summed E-state index contributed by atoms with van der Waals surface area (Å²) in [5.74, 6) is -0.583. The fraction of sp³-hybridized carbons (Fsp3) is 0.174. The number of rotatable bonds is 5. The van der Waals surface area contributed by atoms with Crippen LogP contribution in [-0.2, 0) is 11.2 Å². The Bertz CT molecular complexity index is 1410. The lowest BCUT2D eigenvalue weighted by Crippen LogP contribution is -2.49. The minimum Gasteiger partial charge on any atom is -0.489 e. The van der Waals surface area contributed by atoms with Crippen molar-refractivity contribution in [2.24, 2.45) is 0 Å². The zero-order valence-corrected chi connectivity index (χ0v) is 18.0. The third-order valence-electron chi connectivity index (χ3n) is 5.36. The molecule has 1 aliphatic rings. The number of aromatic amines is 1. The SMILES string of the molecule is CN1C(=O)C(NC(=O)c2cc(Cc3ccccc3)on2)COc2ccc(-c3n[nH]c(=O)o3)cc21. The number of benzene rings is 2. The van der Waals surface area contributed by atoms with Gasteiger partial charge in [-0.05, 0) is 23.8 Å². The summed E-state index contributed by atoms with van der Waals surface area (Å²) in [6.07, 6.45) is 0.489. The Kier molecular flexibility index (Phi) is 5.42. The number of nitrogens with one attached hydrogen (secondary N) is 2. The predicted octanol–water partition coefficient (Wildman–Crippen LogP) is 1.76. The molecule has 2 amide bonds. The molecule has 11 nitrogen and oxygen atoms in total.